The molecule has 2 aromatic rings. The van der Waals surface area contributed by atoms with Gasteiger partial charge in [-0.3, -0.25) is 10.1 Å². The number of aliphatic hydroxyl groups excluding tert-OH is 1. The summed E-state index contributed by atoms with van der Waals surface area (Å²) in [6.45, 7) is 0.144. The van der Waals surface area contributed by atoms with Crippen molar-refractivity contribution in [3.63, 3.8) is 0 Å². The molecule has 0 aliphatic rings. The van der Waals surface area contributed by atoms with Crippen molar-refractivity contribution in [1.29, 1.82) is 0 Å². The van der Waals surface area contributed by atoms with Crippen LogP contribution in [-0.2, 0) is 0 Å². The van der Waals surface area contributed by atoms with Crippen LogP contribution in [0.2, 0.25) is 0 Å². The first-order valence-corrected chi connectivity index (χ1v) is 7.44. The smallest absolute Gasteiger partial charge is 0.269 e. The number of rotatable bonds is 6. The van der Waals surface area contributed by atoms with Gasteiger partial charge < -0.3 is 5.11 Å². The number of aliphatic hydroxyl groups is 1. The van der Waals surface area contributed by atoms with E-state index in [1.54, 1.807) is 23.9 Å². The maximum Gasteiger partial charge on any atom is 0.269 e. The molecule has 2 rings (SSSR count). The van der Waals surface area contributed by atoms with Crippen LogP contribution in [0, 0.1) is 10.1 Å². The molecule has 0 unspecified atom stereocenters. The SMILES string of the molecule is O=[N+]([O-])c1ccc(C=Cc2ccccc2SCCO)cc1. The van der Waals surface area contributed by atoms with Gasteiger partial charge in [0.05, 0.1) is 11.5 Å². The minimum absolute atomic E-state index is 0.0889. The molecule has 2 aromatic carbocycles. The van der Waals surface area contributed by atoms with E-state index < -0.39 is 4.92 Å². The van der Waals surface area contributed by atoms with E-state index in [1.165, 1.54) is 12.1 Å². The molecule has 0 saturated carbocycles. The predicted molar refractivity (Wildman–Crippen MR) is 86.3 cm³/mol. The van der Waals surface area contributed by atoms with Crippen LogP contribution in [0.25, 0.3) is 12.2 Å². The lowest BCUT2D eigenvalue weighted by Gasteiger charge is -2.04. The molecular weight excluding hydrogens is 286 g/mol. The standard InChI is InChI=1S/C16H15NO3S/c18-11-12-21-16-4-2-1-3-14(16)8-5-13-6-9-15(10-7-13)17(19)20/h1-10,18H,11-12H2. The third-order valence-corrected chi connectivity index (χ3v) is 3.90. The van der Waals surface area contributed by atoms with Crippen molar-refractivity contribution in [3.05, 3.63) is 69.8 Å². The Kier molecular flexibility index (Phi) is 5.54. The molecule has 0 aromatic heterocycles. The second-order valence-corrected chi connectivity index (χ2v) is 5.43. The van der Waals surface area contributed by atoms with Crippen molar-refractivity contribution in [1.82, 2.24) is 0 Å². The van der Waals surface area contributed by atoms with Gasteiger partial charge in [0.1, 0.15) is 0 Å². The topological polar surface area (TPSA) is 63.4 Å². The molecule has 0 aliphatic heterocycles. The van der Waals surface area contributed by atoms with Crippen LogP contribution >= 0.6 is 11.8 Å². The molecule has 0 aliphatic carbocycles. The van der Waals surface area contributed by atoms with Gasteiger partial charge in [-0.25, -0.2) is 0 Å². The Balaban J connectivity index is 2.15. The van der Waals surface area contributed by atoms with Crippen molar-refractivity contribution >= 4 is 29.6 Å². The summed E-state index contributed by atoms with van der Waals surface area (Å²) in [5.41, 5.74) is 2.06. The molecule has 0 amide bonds. The normalized spacial score (nSPS) is 10.9. The van der Waals surface area contributed by atoms with Gasteiger partial charge in [0, 0.05) is 22.8 Å². The molecule has 21 heavy (non-hydrogen) atoms. The molecule has 0 fully saturated rings. The fourth-order valence-corrected chi connectivity index (χ4v) is 2.59. The number of benzene rings is 2. The van der Waals surface area contributed by atoms with Crippen molar-refractivity contribution < 1.29 is 10.0 Å². The molecule has 0 saturated heterocycles. The van der Waals surface area contributed by atoms with Gasteiger partial charge in [-0.2, -0.15) is 0 Å². The van der Waals surface area contributed by atoms with E-state index in [2.05, 4.69) is 0 Å². The van der Waals surface area contributed by atoms with Crippen LogP contribution in [0.4, 0.5) is 5.69 Å². The monoisotopic (exact) mass is 301 g/mol. The predicted octanol–water partition coefficient (Wildman–Crippen LogP) is 3.85. The quantitative estimate of drug-likeness (QED) is 0.381. The number of thioether (sulfide) groups is 1. The van der Waals surface area contributed by atoms with Crippen molar-refractivity contribution in [3.8, 4) is 0 Å². The van der Waals surface area contributed by atoms with Crippen LogP contribution < -0.4 is 0 Å². The second-order valence-electron chi connectivity index (χ2n) is 4.29. The van der Waals surface area contributed by atoms with Crippen LogP contribution in [0.1, 0.15) is 11.1 Å². The maximum atomic E-state index is 10.6. The highest BCUT2D eigenvalue weighted by atomic mass is 32.2. The number of nitro benzene ring substituents is 1. The zero-order valence-corrected chi connectivity index (χ0v) is 12.1. The first-order valence-electron chi connectivity index (χ1n) is 6.46. The van der Waals surface area contributed by atoms with Crippen LogP contribution in [0.5, 0.6) is 0 Å². The van der Waals surface area contributed by atoms with Gasteiger partial charge in [0.15, 0.2) is 0 Å². The Hall–Kier alpha value is -2.11. The molecule has 0 bridgehead atoms. The van der Waals surface area contributed by atoms with Crippen LogP contribution in [0.3, 0.4) is 0 Å². The zero-order valence-electron chi connectivity index (χ0n) is 11.3. The van der Waals surface area contributed by atoms with Crippen LogP contribution in [-0.4, -0.2) is 22.4 Å². The third-order valence-electron chi connectivity index (χ3n) is 2.83. The fourth-order valence-electron chi connectivity index (χ4n) is 1.80. The molecule has 1 N–H and O–H groups in total. The summed E-state index contributed by atoms with van der Waals surface area (Å²) in [4.78, 5) is 11.3. The molecule has 5 heteroatoms. The summed E-state index contributed by atoms with van der Waals surface area (Å²) in [5.74, 6) is 0.655. The Labute approximate surface area is 127 Å². The number of nitrogens with zero attached hydrogens (tertiary/aromatic N) is 1. The first kappa shape index (κ1) is 15.3. The van der Waals surface area contributed by atoms with Gasteiger partial charge >= 0.3 is 0 Å². The summed E-state index contributed by atoms with van der Waals surface area (Å²) >= 11 is 1.60. The average molecular weight is 301 g/mol. The third kappa shape index (κ3) is 4.44. The van der Waals surface area contributed by atoms with E-state index in [9.17, 15) is 10.1 Å². The maximum absolute atomic E-state index is 10.6. The molecule has 108 valence electrons. The number of hydrogen-bond donors (Lipinski definition) is 1. The molecule has 0 spiro atoms. The second kappa shape index (κ2) is 7.61. The lowest BCUT2D eigenvalue weighted by atomic mass is 10.1. The lowest BCUT2D eigenvalue weighted by molar-refractivity contribution is -0.384. The van der Waals surface area contributed by atoms with E-state index in [4.69, 9.17) is 5.11 Å². The zero-order chi connectivity index (χ0) is 15.1. The summed E-state index contributed by atoms with van der Waals surface area (Å²) in [5, 5.41) is 19.5. The molecule has 0 radical (unpaired) electrons. The van der Waals surface area contributed by atoms with E-state index in [0.29, 0.717) is 5.75 Å². The first-order chi connectivity index (χ1) is 10.2. The van der Waals surface area contributed by atoms with Crippen molar-refractivity contribution in [2.45, 2.75) is 4.90 Å². The van der Waals surface area contributed by atoms with Gasteiger partial charge in [0.2, 0.25) is 0 Å². The highest BCUT2D eigenvalue weighted by molar-refractivity contribution is 7.99. The van der Waals surface area contributed by atoms with Crippen molar-refractivity contribution in [2.24, 2.45) is 0 Å². The molecular formula is C16H15NO3S. The van der Waals surface area contributed by atoms with E-state index >= 15 is 0 Å². The Morgan fingerprint density at radius 3 is 2.48 bits per heavy atom. The number of hydrogen-bond acceptors (Lipinski definition) is 4. The van der Waals surface area contributed by atoms with E-state index in [-0.39, 0.29) is 12.3 Å². The number of nitro groups is 1. The van der Waals surface area contributed by atoms with Gasteiger partial charge in [-0.1, -0.05) is 30.4 Å². The molecule has 0 heterocycles. The van der Waals surface area contributed by atoms with E-state index in [0.717, 1.165) is 16.0 Å². The molecule has 0 atom stereocenters. The number of non-ortho nitro benzene ring substituents is 1. The van der Waals surface area contributed by atoms with Gasteiger partial charge in [-0.15, -0.1) is 11.8 Å². The summed E-state index contributed by atoms with van der Waals surface area (Å²) in [7, 11) is 0. The van der Waals surface area contributed by atoms with Crippen LogP contribution in [0.15, 0.2) is 53.4 Å². The minimum Gasteiger partial charge on any atom is -0.396 e. The highest BCUT2D eigenvalue weighted by Crippen LogP contribution is 2.24. The largest absolute Gasteiger partial charge is 0.396 e. The van der Waals surface area contributed by atoms with E-state index in [1.807, 2.05) is 36.4 Å². The molecule has 4 nitrogen and oxygen atoms in total. The van der Waals surface area contributed by atoms with Gasteiger partial charge in [0.25, 0.3) is 5.69 Å². The van der Waals surface area contributed by atoms with Crippen molar-refractivity contribution in [2.75, 3.05) is 12.4 Å². The minimum atomic E-state index is -0.408. The summed E-state index contributed by atoms with van der Waals surface area (Å²) in [6.07, 6.45) is 3.89. The Bertz CT molecular complexity index is 638. The highest BCUT2D eigenvalue weighted by Gasteiger charge is 2.03. The van der Waals surface area contributed by atoms with Gasteiger partial charge in [-0.05, 0) is 29.3 Å². The Morgan fingerprint density at radius 2 is 1.81 bits per heavy atom. The fraction of sp³-hybridized carbons (Fsp3) is 0.125. The summed E-state index contributed by atoms with van der Waals surface area (Å²) in [6, 6.07) is 14.4. The lowest BCUT2D eigenvalue weighted by Crippen LogP contribution is -1.87. The Morgan fingerprint density at radius 1 is 1.10 bits per heavy atom. The summed E-state index contributed by atoms with van der Waals surface area (Å²) < 4.78 is 0. The average Bonchev–Trinajstić information content (AvgIpc) is 2.52.